The van der Waals surface area contributed by atoms with Crippen LogP contribution in [0.5, 0.6) is 0 Å². The molecule has 0 saturated heterocycles. The van der Waals surface area contributed by atoms with Crippen molar-refractivity contribution in [2.75, 3.05) is 6.54 Å². The first-order valence-electron chi connectivity index (χ1n) is 4.39. The number of imidazole rings is 1. The maximum atomic E-state index is 11.8. The second kappa shape index (κ2) is 5.24. The molecule has 1 amide bonds. The Balaban J connectivity index is 2.37. The van der Waals surface area contributed by atoms with E-state index >= 15 is 0 Å². The van der Waals surface area contributed by atoms with Gasteiger partial charge >= 0.3 is 6.18 Å². The molecule has 0 radical (unpaired) electrons. The van der Waals surface area contributed by atoms with Crippen molar-refractivity contribution in [2.45, 2.75) is 23.5 Å². The third-order valence-electron chi connectivity index (χ3n) is 1.59. The van der Waals surface area contributed by atoms with Gasteiger partial charge in [-0.15, -0.1) is 0 Å². The van der Waals surface area contributed by atoms with Crippen molar-refractivity contribution in [2.24, 2.45) is 0 Å². The van der Waals surface area contributed by atoms with E-state index in [-0.39, 0.29) is 0 Å². The van der Waals surface area contributed by atoms with Gasteiger partial charge in [0.1, 0.15) is 6.54 Å². The Morgan fingerprint density at radius 2 is 2.38 bits per heavy atom. The van der Waals surface area contributed by atoms with Crippen molar-refractivity contribution in [3.8, 4) is 0 Å². The molecule has 0 aliphatic carbocycles. The Morgan fingerprint density at radius 1 is 1.69 bits per heavy atom. The fourth-order valence-electron chi connectivity index (χ4n) is 0.867. The molecule has 1 aromatic rings. The molecule has 8 heteroatoms. The molecule has 0 spiro atoms. The number of thioether (sulfide) groups is 1. The molecule has 0 aliphatic rings. The lowest BCUT2D eigenvalue weighted by Gasteiger charge is -2.11. The lowest BCUT2D eigenvalue weighted by molar-refractivity contribution is -0.137. The van der Waals surface area contributed by atoms with E-state index in [1.54, 1.807) is 6.20 Å². The lowest BCUT2D eigenvalue weighted by Crippen LogP contribution is -2.38. The molecule has 0 aliphatic heterocycles. The van der Waals surface area contributed by atoms with E-state index in [0.717, 1.165) is 11.8 Å². The average molecular weight is 253 g/mol. The van der Waals surface area contributed by atoms with Gasteiger partial charge in [0.25, 0.3) is 0 Å². The van der Waals surface area contributed by atoms with Crippen LogP contribution in [0, 0.1) is 0 Å². The summed E-state index contributed by atoms with van der Waals surface area (Å²) in [4.78, 5) is 17.8. The number of H-pyrrole nitrogens is 1. The SMILES string of the molecule is CC(Sc1ncc[nH]1)C(=O)NCC(F)(F)F. The molecule has 1 aromatic heterocycles. The van der Waals surface area contributed by atoms with E-state index < -0.39 is 23.9 Å². The number of carbonyl (C=O) groups excluding carboxylic acids is 1. The second-order valence-corrected chi connectivity index (χ2v) is 4.32. The largest absolute Gasteiger partial charge is 0.405 e. The van der Waals surface area contributed by atoms with E-state index in [1.165, 1.54) is 13.1 Å². The van der Waals surface area contributed by atoms with Crippen LogP contribution < -0.4 is 5.32 Å². The number of aromatic nitrogens is 2. The summed E-state index contributed by atoms with van der Waals surface area (Å²) in [6.45, 7) is 0.202. The highest BCUT2D eigenvalue weighted by atomic mass is 32.2. The summed E-state index contributed by atoms with van der Waals surface area (Å²) >= 11 is 1.06. The van der Waals surface area contributed by atoms with Gasteiger partial charge in [0.15, 0.2) is 5.16 Å². The molecule has 1 heterocycles. The Labute approximate surface area is 94.0 Å². The summed E-state index contributed by atoms with van der Waals surface area (Å²) in [5.41, 5.74) is 0. The van der Waals surface area contributed by atoms with E-state index in [9.17, 15) is 18.0 Å². The van der Waals surface area contributed by atoms with Gasteiger partial charge in [0, 0.05) is 12.4 Å². The zero-order valence-corrected chi connectivity index (χ0v) is 9.15. The average Bonchev–Trinajstić information content (AvgIpc) is 2.65. The summed E-state index contributed by atoms with van der Waals surface area (Å²) in [5, 5.41) is 1.67. The molecule has 16 heavy (non-hydrogen) atoms. The maximum absolute atomic E-state index is 11.8. The summed E-state index contributed by atoms with van der Waals surface area (Å²) in [6.07, 6.45) is -1.31. The Kier molecular flexibility index (Phi) is 4.22. The first kappa shape index (κ1) is 12.9. The molecule has 2 N–H and O–H groups in total. The normalized spacial score (nSPS) is 13.5. The van der Waals surface area contributed by atoms with E-state index in [2.05, 4.69) is 9.97 Å². The van der Waals surface area contributed by atoms with Crippen LogP contribution >= 0.6 is 11.8 Å². The molecule has 0 bridgehead atoms. The first-order chi connectivity index (χ1) is 7.38. The molecular weight excluding hydrogens is 243 g/mol. The van der Waals surface area contributed by atoms with Crippen molar-refractivity contribution in [3.05, 3.63) is 12.4 Å². The minimum absolute atomic E-state index is 0.495. The second-order valence-electron chi connectivity index (χ2n) is 2.99. The van der Waals surface area contributed by atoms with Crippen LogP contribution in [-0.2, 0) is 4.79 Å². The van der Waals surface area contributed by atoms with Crippen LogP contribution in [0.15, 0.2) is 17.6 Å². The molecular formula is C8H10F3N3OS. The predicted molar refractivity (Wildman–Crippen MR) is 53.0 cm³/mol. The topological polar surface area (TPSA) is 57.8 Å². The minimum atomic E-state index is -4.38. The molecule has 4 nitrogen and oxygen atoms in total. The van der Waals surface area contributed by atoms with E-state index in [4.69, 9.17) is 0 Å². The van der Waals surface area contributed by atoms with Gasteiger partial charge in [0.05, 0.1) is 5.25 Å². The molecule has 0 fully saturated rings. The number of halogens is 3. The van der Waals surface area contributed by atoms with Gasteiger partial charge in [-0.2, -0.15) is 13.2 Å². The quantitative estimate of drug-likeness (QED) is 0.801. The van der Waals surface area contributed by atoms with Gasteiger partial charge in [0.2, 0.25) is 5.91 Å². The summed E-state index contributed by atoms with van der Waals surface area (Å²) in [6, 6.07) is 0. The number of hydrogen-bond acceptors (Lipinski definition) is 3. The molecule has 1 rings (SSSR count). The zero-order chi connectivity index (χ0) is 12.2. The summed E-state index contributed by atoms with van der Waals surface area (Å²) in [5.74, 6) is -0.668. The zero-order valence-electron chi connectivity index (χ0n) is 8.34. The van der Waals surface area contributed by atoms with E-state index in [1.807, 2.05) is 5.32 Å². The Hall–Kier alpha value is -1.18. The molecule has 90 valence electrons. The molecule has 0 aromatic carbocycles. The highest BCUT2D eigenvalue weighted by molar-refractivity contribution is 8.00. The Bertz CT molecular complexity index is 339. The van der Waals surface area contributed by atoms with Crippen LogP contribution in [0.4, 0.5) is 13.2 Å². The number of nitrogens with one attached hydrogen (secondary N) is 2. The van der Waals surface area contributed by atoms with Crippen LogP contribution in [0.25, 0.3) is 0 Å². The van der Waals surface area contributed by atoms with Gasteiger partial charge in [-0.25, -0.2) is 4.98 Å². The lowest BCUT2D eigenvalue weighted by atomic mass is 10.4. The van der Waals surface area contributed by atoms with Crippen molar-refractivity contribution in [1.82, 2.24) is 15.3 Å². The van der Waals surface area contributed by atoms with Gasteiger partial charge in [-0.1, -0.05) is 11.8 Å². The molecule has 1 unspecified atom stereocenters. The van der Waals surface area contributed by atoms with Crippen molar-refractivity contribution < 1.29 is 18.0 Å². The van der Waals surface area contributed by atoms with Crippen molar-refractivity contribution in [1.29, 1.82) is 0 Å². The highest BCUT2D eigenvalue weighted by Crippen LogP contribution is 2.19. The molecule has 1 atom stereocenters. The van der Waals surface area contributed by atoms with Gasteiger partial charge in [-0.05, 0) is 6.92 Å². The molecule has 0 saturated carbocycles. The van der Waals surface area contributed by atoms with Crippen LogP contribution in [-0.4, -0.2) is 33.8 Å². The van der Waals surface area contributed by atoms with E-state index in [0.29, 0.717) is 5.16 Å². The monoisotopic (exact) mass is 253 g/mol. The van der Waals surface area contributed by atoms with Crippen LogP contribution in [0.1, 0.15) is 6.92 Å². The van der Waals surface area contributed by atoms with Crippen molar-refractivity contribution in [3.63, 3.8) is 0 Å². The number of amides is 1. The maximum Gasteiger partial charge on any atom is 0.405 e. The minimum Gasteiger partial charge on any atom is -0.346 e. The van der Waals surface area contributed by atoms with Crippen LogP contribution in [0.2, 0.25) is 0 Å². The number of alkyl halides is 3. The number of aromatic amines is 1. The number of rotatable bonds is 4. The van der Waals surface area contributed by atoms with Gasteiger partial charge < -0.3 is 10.3 Å². The smallest absolute Gasteiger partial charge is 0.346 e. The fourth-order valence-corrected chi connectivity index (χ4v) is 1.65. The highest BCUT2D eigenvalue weighted by Gasteiger charge is 2.28. The van der Waals surface area contributed by atoms with Crippen LogP contribution in [0.3, 0.4) is 0 Å². The fraction of sp³-hybridized carbons (Fsp3) is 0.500. The third-order valence-corrected chi connectivity index (χ3v) is 2.61. The summed E-state index contributed by atoms with van der Waals surface area (Å²) in [7, 11) is 0. The summed E-state index contributed by atoms with van der Waals surface area (Å²) < 4.78 is 35.4. The number of nitrogens with zero attached hydrogens (tertiary/aromatic N) is 1. The Morgan fingerprint density at radius 3 is 2.88 bits per heavy atom. The first-order valence-corrected chi connectivity index (χ1v) is 5.27. The predicted octanol–water partition coefficient (Wildman–Crippen LogP) is 1.57. The number of carbonyl (C=O) groups is 1. The third kappa shape index (κ3) is 4.56. The standard InChI is InChI=1S/C8H10F3N3OS/c1-5(16-7-12-2-3-13-7)6(15)14-4-8(9,10)11/h2-3,5H,4H2,1H3,(H,12,13)(H,14,15). The number of hydrogen-bond donors (Lipinski definition) is 2. The van der Waals surface area contributed by atoms with Crippen molar-refractivity contribution >= 4 is 17.7 Å². The van der Waals surface area contributed by atoms with Gasteiger partial charge in [-0.3, -0.25) is 4.79 Å².